The molecule has 1 atom stereocenters. The van der Waals surface area contributed by atoms with Gasteiger partial charge in [0, 0.05) is 31.4 Å². The zero-order valence-electron chi connectivity index (χ0n) is 18.9. The molecule has 2 fully saturated rings. The van der Waals surface area contributed by atoms with Crippen molar-refractivity contribution in [3.8, 4) is 0 Å². The molecule has 2 amide bonds. The van der Waals surface area contributed by atoms with Crippen molar-refractivity contribution in [1.82, 2.24) is 19.5 Å². The highest BCUT2D eigenvalue weighted by Crippen LogP contribution is 2.27. The number of hydrogen-bond donors (Lipinski definition) is 2. The van der Waals surface area contributed by atoms with Crippen LogP contribution in [0.15, 0.2) is 47.5 Å². The van der Waals surface area contributed by atoms with Crippen LogP contribution in [0.5, 0.6) is 0 Å². The Morgan fingerprint density at radius 1 is 1.06 bits per heavy atom. The van der Waals surface area contributed by atoms with Crippen LogP contribution in [0, 0.1) is 5.82 Å². The van der Waals surface area contributed by atoms with E-state index in [-0.39, 0.29) is 40.8 Å². The number of benzene rings is 1. The average Bonchev–Trinajstić information content (AvgIpc) is 2.85. The molecule has 1 saturated heterocycles. The van der Waals surface area contributed by atoms with Crippen molar-refractivity contribution in [2.75, 3.05) is 13.1 Å². The maximum atomic E-state index is 13.6. The Morgan fingerprint density at radius 2 is 1.74 bits per heavy atom. The topological polar surface area (TPSA) is 126 Å². The van der Waals surface area contributed by atoms with Crippen LogP contribution in [0.25, 0.3) is 0 Å². The Labute approximate surface area is 208 Å². The fraction of sp³-hybridized carbons (Fsp3) is 0.435. The van der Waals surface area contributed by atoms with E-state index in [9.17, 15) is 22.4 Å². The average molecular weight is 524 g/mol. The molecule has 0 radical (unpaired) electrons. The monoisotopic (exact) mass is 523 g/mol. The van der Waals surface area contributed by atoms with Crippen molar-refractivity contribution < 1.29 is 22.4 Å². The standard InChI is InChI=1S/C23H27ClFN5O4S/c24-20-11-2-15(14-27-20)23(32)29-12-1-13-30(35(33,34)19-9-3-16(25)4-10-19)22(29)21(31)28-18-7-5-17(26)6-8-18/h2-4,9-11,14,17-18,22H,1,5-8,12-13,26H2,(H,28,31). The molecule has 2 heterocycles. The van der Waals surface area contributed by atoms with Gasteiger partial charge in [-0.25, -0.2) is 17.8 Å². The molecule has 1 aliphatic carbocycles. The van der Waals surface area contributed by atoms with E-state index < -0.39 is 33.8 Å². The zero-order chi connectivity index (χ0) is 25.2. The summed E-state index contributed by atoms with van der Waals surface area (Å²) in [6.07, 6.45) is 3.00. The molecule has 4 rings (SSSR count). The van der Waals surface area contributed by atoms with Crippen LogP contribution in [0.4, 0.5) is 4.39 Å². The van der Waals surface area contributed by atoms with E-state index in [2.05, 4.69) is 10.3 Å². The van der Waals surface area contributed by atoms with Crippen LogP contribution in [-0.2, 0) is 14.8 Å². The van der Waals surface area contributed by atoms with Gasteiger partial charge >= 0.3 is 0 Å². The minimum absolute atomic E-state index is 0.0238. The Bertz CT molecular complexity index is 1170. The summed E-state index contributed by atoms with van der Waals surface area (Å²) in [6.45, 7) is 0.195. The third-order valence-corrected chi connectivity index (χ3v) is 8.44. The Kier molecular flexibility index (Phi) is 7.70. The van der Waals surface area contributed by atoms with E-state index in [0.29, 0.717) is 19.3 Å². The van der Waals surface area contributed by atoms with Gasteiger partial charge in [0.1, 0.15) is 11.0 Å². The van der Waals surface area contributed by atoms with E-state index in [1.807, 2.05) is 0 Å². The van der Waals surface area contributed by atoms with Crippen LogP contribution in [0.3, 0.4) is 0 Å². The Morgan fingerprint density at radius 3 is 2.37 bits per heavy atom. The lowest BCUT2D eigenvalue weighted by molar-refractivity contribution is -0.132. The molecule has 0 bridgehead atoms. The van der Waals surface area contributed by atoms with Crippen molar-refractivity contribution in [1.29, 1.82) is 0 Å². The van der Waals surface area contributed by atoms with Gasteiger partial charge in [-0.15, -0.1) is 0 Å². The smallest absolute Gasteiger partial charge is 0.259 e. The lowest BCUT2D eigenvalue weighted by Crippen LogP contribution is -2.64. The fourth-order valence-corrected chi connectivity index (χ4v) is 6.19. The van der Waals surface area contributed by atoms with Gasteiger partial charge in [-0.05, 0) is 68.5 Å². The number of carbonyl (C=O) groups is 2. The lowest BCUT2D eigenvalue weighted by atomic mass is 9.92. The van der Waals surface area contributed by atoms with Gasteiger partial charge in [0.2, 0.25) is 10.0 Å². The van der Waals surface area contributed by atoms with Crippen LogP contribution in [-0.4, -0.2) is 65.8 Å². The highest BCUT2D eigenvalue weighted by molar-refractivity contribution is 7.89. The number of rotatable bonds is 5. The van der Waals surface area contributed by atoms with E-state index in [1.54, 1.807) is 0 Å². The molecule has 188 valence electrons. The number of hydrogen-bond acceptors (Lipinski definition) is 6. The van der Waals surface area contributed by atoms with Gasteiger partial charge in [0.05, 0.1) is 10.5 Å². The first-order chi connectivity index (χ1) is 16.7. The van der Waals surface area contributed by atoms with Gasteiger partial charge in [0.25, 0.3) is 11.8 Å². The summed E-state index contributed by atoms with van der Waals surface area (Å²) in [4.78, 5) is 31.9. The molecule has 9 nitrogen and oxygen atoms in total. The highest BCUT2D eigenvalue weighted by atomic mass is 35.5. The van der Waals surface area contributed by atoms with Crippen molar-refractivity contribution >= 4 is 33.4 Å². The minimum Gasteiger partial charge on any atom is -0.350 e. The second-order valence-corrected chi connectivity index (χ2v) is 11.1. The number of halogens is 2. The van der Waals surface area contributed by atoms with Gasteiger partial charge in [0.15, 0.2) is 6.17 Å². The number of carbonyl (C=O) groups excluding carboxylic acids is 2. The van der Waals surface area contributed by atoms with Gasteiger partial charge in [-0.2, -0.15) is 4.31 Å². The summed E-state index contributed by atoms with van der Waals surface area (Å²) in [5, 5.41) is 3.13. The third kappa shape index (κ3) is 5.64. The first-order valence-electron chi connectivity index (χ1n) is 11.4. The lowest BCUT2D eigenvalue weighted by Gasteiger charge is -2.42. The third-order valence-electron chi connectivity index (χ3n) is 6.35. The Hall–Kier alpha value is -2.60. The summed E-state index contributed by atoms with van der Waals surface area (Å²) in [7, 11) is -4.22. The number of aromatic nitrogens is 1. The van der Waals surface area contributed by atoms with Gasteiger partial charge in [-0.1, -0.05) is 11.6 Å². The molecule has 1 aromatic heterocycles. The zero-order valence-corrected chi connectivity index (χ0v) is 20.5. The van der Waals surface area contributed by atoms with Crippen LogP contribution in [0.2, 0.25) is 5.15 Å². The normalized spacial score (nSPS) is 23.6. The molecule has 1 aliphatic heterocycles. The molecule has 0 spiro atoms. The molecule has 2 aliphatic rings. The maximum absolute atomic E-state index is 13.6. The minimum atomic E-state index is -4.22. The predicted molar refractivity (Wildman–Crippen MR) is 127 cm³/mol. The number of amides is 2. The van der Waals surface area contributed by atoms with Crippen LogP contribution >= 0.6 is 11.6 Å². The highest BCUT2D eigenvalue weighted by Gasteiger charge is 2.45. The number of nitrogens with one attached hydrogen (secondary N) is 1. The van der Waals surface area contributed by atoms with Crippen molar-refractivity contribution in [2.24, 2.45) is 5.73 Å². The predicted octanol–water partition coefficient (Wildman–Crippen LogP) is 2.12. The maximum Gasteiger partial charge on any atom is 0.259 e. The molecule has 35 heavy (non-hydrogen) atoms. The molecular weight excluding hydrogens is 497 g/mol. The van der Waals surface area contributed by atoms with Crippen molar-refractivity contribution in [3.05, 3.63) is 59.1 Å². The molecule has 1 saturated carbocycles. The first kappa shape index (κ1) is 25.5. The molecule has 12 heteroatoms. The fourth-order valence-electron chi connectivity index (χ4n) is 4.48. The van der Waals surface area contributed by atoms with Gasteiger partial charge < -0.3 is 16.0 Å². The molecule has 1 aromatic carbocycles. The van der Waals surface area contributed by atoms with Crippen molar-refractivity contribution in [3.63, 3.8) is 0 Å². The number of nitrogens with two attached hydrogens (primary N) is 1. The number of sulfonamides is 1. The summed E-state index contributed by atoms with van der Waals surface area (Å²) in [5.41, 5.74) is 6.14. The summed E-state index contributed by atoms with van der Waals surface area (Å²) in [6, 6.07) is 7.20. The number of pyridine rings is 1. The summed E-state index contributed by atoms with van der Waals surface area (Å²) < 4.78 is 41.5. The van der Waals surface area contributed by atoms with E-state index in [4.69, 9.17) is 17.3 Å². The second-order valence-electron chi connectivity index (χ2n) is 8.79. The second kappa shape index (κ2) is 10.6. The van der Waals surface area contributed by atoms with E-state index >= 15 is 0 Å². The van der Waals surface area contributed by atoms with E-state index in [0.717, 1.165) is 41.4 Å². The molecular formula is C23H27ClFN5O4S. The summed E-state index contributed by atoms with van der Waals surface area (Å²) in [5.74, 6) is -1.72. The van der Waals surface area contributed by atoms with Crippen molar-refractivity contribution in [2.45, 2.75) is 55.2 Å². The summed E-state index contributed by atoms with van der Waals surface area (Å²) >= 11 is 5.84. The molecule has 2 aromatic rings. The van der Waals surface area contributed by atoms with E-state index in [1.165, 1.54) is 23.2 Å². The van der Waals surface area contributed by atoms with Crippen LogP contribution < -0.4 is 11.1 Å². The molecule has 3 N–H and O–H groups in total. The largest absolute Gasteiger partial charge is 0.350 e. The quantitative estimate of drug-likeness (QED) is 0.578. The SMILES string of the molecule is NC1CCC(NC(=O)C2N(C(=O)c3ccc(Cl)nc3)CCCN2S(=O)(=O)c2ccc(F)cc2)CC1. The Balaban J connectivity index is 1.68. The molecule has 1 unspecified atom stereocenters. The van der Waals surface area contributed by atoms with Crippen LogP contribution in [0.1, 0.15) is 42.5 Å². The van der Waals surface area contributed by atoms with Gasteiger partial charge in [-0.3, -0.25) is 9.59 Å². The number of nitrogens with zero attached hydrogens (tertiary/aromatic N) is 3. The first-order valence-corrected chi connectivity index (χ1v) is 13.2.